The largest absolute Gasteiger partial charge is 0.377 e. The van der Waals surface area contributed by atoms with Gasteiger partial charge in [-0.05, 0) is 13.8 Å². The maximum Gasteiger partial charge on any atom is 0.216 e. The van der Waals surface area contributed by atoms with E-state index in [1.807, 2.05) is 0 Å². The summed E-state index contributed by atoms with van der Waals surface area (Å²) in [4.78, 5) is 0. The maximum absolute atomic E-state index is 11.9. The van der Waals surface area contributed by atoms with Crippen LogP contribution in [-0.2, 0) is 19.5 Å². The van der Waals surface area contributed by atoms with Gasteiger partial charge in [0.15, 0.2) is 0 Å². The topological polar surface area (TPSA) is 55.8 Å². The molecular weight excluding hydrogens is 218 g/mol. The minimum atomic E-state index is -3.19. The molecule has 0 aromatic rings. The van der Waals surface area contributed by atoms with E-state index >= 15 is 0 Å². The highest BCUT2D eigenvalue weighted by molar-refractivity contribution is 7.89. The lowest BCUT2D eigenvalue weighted by molar-refractivity contribution is -0.00461. The molecule has 0 amide bonds. The molecule has 1 fully saturated rings. The van der Waals surface area contributed by atoms with Gasteiger partial charge in [-0.1, -0.05) is 0 Å². The van der Waals surface area contributed by atoms with Gasteiger partial charge in [-0.2, -0.15) is 4.31 Å². The Kier molecular flexibility index (Phi) is 4.11. The molecule has 5 nitrogen and oxygen atoms in total. The van der Waals surface area contributed by atoms with E-state index in [1.54, 1.807) is 28.1 Å². The van der Waals surface area contributed by atoms with Crippen molar-refractivity contribution in [2.24, 2.45) is 0 Å². The summed E-state index contributed by atoms with van der Waals surface area (Å²) in [6.45, 7) is 4.12. The van der Waals surface area contributed by atoms with Gasteiger partial charge >= 0.3 is 0 Å². The Balaban J connectivity index is 2.77. The Morgan fingerprint density at radius 2 is 1.53 bits per heavy atom. The third-order valence-corrected chi connectivity index (χ3v) is 4.95. The maximum atomic E-state index is 11.9. The summed E-state index contributed by atoms with van der Waals surface area (Å²) in [7, 11) is -0.0461. The van der Waals surface area contributed by atoms with Gasteiger partial charge in [-0.15, -0.1) is 0 Å². The van der Waals surface area contributed by atoms with E-state index in [1.165, 1.54) is 4.31 Å². The molecule has 1 aliphatic rings. The molecule has 0 aromatic carbocycles. The zero-order valence-electron chi connectivity index (χ0n) is 9.63. The van der Waals surface area contributed by atoms with E-state index in [0.29, 0.717) is 13.1 Å². The van der Waals surface area contributed by atoms with Crippen LogP contribution < -0.4 is 0 Å². The number of nitrogens with zero attached hydrogens (tertiary/aromatic N) is 1. The van der Waals surface area contributed by atoms with Crippen molar-refractivity contribution < 1.29 is 17.9 Å². The molecule has 15 heavy (non-hydrogen) atoms. The van der Waals surface area contributed by atoms with Crippen LogP contribution in [0.15, 0.2) is 0 Å². The molecule has 2 unspecified atom stereocenters. The van der Waals surface area contributed by atoms with Crippen LogP contribution in [0.5, 0.6) is 0 Å². The Bertz CT molecular complexity index is 289. The highest BCUT2D eigenvalue weighted by Gasteiger charge is 2.40. The number of rotatable bonds is 4. The third kappa shape index (κ3) is 2.50. The molecule has 0 N–H and O–H groups in total. The van der Waals surface area contributed by atoms with Crippen molar-refractivity contribution in [3.8, 4) is 0 Å². The van der Waals surface area contributed by atoms with Gasteiger partial charge in [0.25, 0.3) is 0 Å². The summed E-state index contributed by atoms with van der Waals surface area (Å²) in [5.74, 6) is 0. The fourth-order valence-corrected chi connectivity index (χ4v) is 2.98. The molecule has 0 aliphatic carbocycles. The second-order valence-corrected chi connectivity index (χ2v) is 6.45. The zero-order valence-corrected chi connectivity index (χ0v) is 10.5. The quantitative estimate of drug-likeness (QED) is 0.694. The summed E-state index contributed by atoms with van der Waals surface area (Å²) in [5.41, 5.74) is 0. The van der Waals surface area contributed by atoms with Gasteiger partial charge in [0, 0.05) is 27.3 Å². The average molecular weight is 237 g/mol. The first kappa shape index (κ1) is 12.9. The molecule has 90 valence electrons. The molecular formula is C9H19NO4S. The molecule has 6 heteroatoms. The predicted molar refractivity (Wildman–Crippen MR) is 57.2 cm³/mol. The lowest BCUT2D eigenvalue weighted by atomic mass is 10.3. The van der Waals surface area contributed by atoms with Crippen molar-refractivity contribution in [3.63, 3.8) is 0 Å². The summed E-state index contributed by atoms with van der Waals surface area (Å²) >= 11 is 0. The fourth-order valence-electron chi connectivity index (χ4n) is 1.67. The first-order chi connectivity index (χ1) is 6.93. The van der Waals surface area contributed by atoms with E-state index < -0.39 is 15.3 Å². The average Bonchev–Trinajstić information content (AvgIpc) is 2.60. The Morgan fingerprint density at radius 3 is 1.80 bits per heavy atom. The summed E-state index contributed by atoms with van der Waals surface area (Å²) in [6.07, 6.45) is -0.327. The molecule has 0 aromatic heterocycles. The first-order valence-electron chi connectivity index (χ1n) is 4.98. The Hall–Kier alpha value is -0.170. The Morgan fingerprint density at radius 1 is 1.13 bits per heavy atom. The lowest BCUT2D eigenvalue weighted by Crippen LogP contribution is -2.35. The highest BCUT2D eigenvalue weighted by Crippen LogP contribution is 2.21. The smallest absolute Gasteiger partial charge is 0.216 e. The van der Waals surface area contributed by atoms with Crippen molar-refractivity contribution >= 4 is 10.0 Å². The second-order valence-electron chi connectivity index (χ2n) is 3.96. The van der Waals surface area contributed by atoms with Crippen LogP contribution in [0.3, 0.4) is 0 Å². The number of hydrogen-bond acceptors (Lipinski definition) is 4. The fraction of sp³-hybridized carbons (Fsp3) is 1.00. The second kappa shape index (κ2) is 4.78. The van der Waals surface area contributed by atoms with Crippen molar-refractivity contribution in [1.82, 2.24) is 4.31 Å². The molecule has 1 saturated heterocycles. The molecule has 0 radical (unpaired) electrons. The van der Waals surface area contributed by atoms with Crippen LogP contribution >= 0.6 is 0 Å². The standard InChI is InChI=1S/C9H19NO4S/c1-7(2)15(11,12)10-5-8(13-3)9(6-10)14-4/h7-9H,5-6H2,1-4H3. The van der Waals surface area contributed by atoms with Crippen LogP contribution in [0.2, 0.25) is 0 Å². The van der Waals surface area contributed by atoms with Crippen LogP contribution in [-0.4, -0.2) is 57.5 Å². The molecule has 0 spiro atoms. The minimum Gasteiger partial charge on any atom is -0.377 e. The number of sulfonamides is 1. The number of ether oxygens (including phenoxy) is 2. The predicted octanol–water partition coefficient (Wildman–Crippen LogP) is 0.0702. The van der Waals surface area contributed by atoms with E-state index in [4.69, 9.17) is 9.47 Å². The monoisotopic (exact) mass is 237 g/mol. The number of hydrogen-bond donors (Lipinski definition) is 0. The van der Waals surface area contributed by atoms with E-state index in [2.05, 4.69) is 0 Å². The van der Waals surface area contributed by atoms with E-state index in [-0.39, 0.29) is 12.2 Å². The first-order valence-corrected chi connectivity index (χ1v) is 6.48. The minimum absolute atomic E-state index is 0.163. The molecule has 1 heterocycles. The molecule has 1 rings (SSSR count). The van der Waals surface area contributed by atoms with Crippen LogP contribution in [0.1, 0.15) is 13.8 Å². The van der Waals surface area contributed by atoms with Gasteiger partial charge in [0.05, 0.1) is 17.5 Å². The summed E-state index contributed by atoms with van der Waals surface area (Å²) in [6, 6.07) is 0. The van der Waals surface area contributed by atoms with Crippen molar-refractivity contribution in [1.29, 1.82) is 0 Å². The summed E-state index contributed by atoms with van der Waals surface area (Å²) < 4.78 is 35.6. The van der Waals surface area contributed by atoms with Crippen LogP contribution in [0.4, 0.5) is 0 Å². The zero-order chi connectivity index (χ0) is 11.6. The van der Waals surface area contributed by atoms with Crippen LogP contribution in [0.25, 0.3) is 0 Å². The third-order valence-electron chi connectivity index (χ3n) is 2.74. The van der Waals surface area contributed by atoms with Gasteiger partial charge in [0.2, 0.25) is 10.0 Å². The summed E-state index contributed by atoms with van der Waals surface area (Å²) in [5, 5.41) is -0.398. The molecule has 2 atom stereocenters. The van der Waals surface area contributed by atoms with Gasteiger partial charge in [0.1, 0.15) is 0 Å². The van der Waals surface area contributed by atoms with E-state index in [9.17, 15) is 8.42 Å². The Labute approximate surface area is 91.4 Å². The van der Waals surface area contributed by atoms with Crippen molar-refractivity contribution in [3.05, 3.63) is 0 Å². The van der Waals surface area contributed by atoms with Crippen molar-refractivity contribution in [2.45, 2.75) is 31.3 Å². The van der Waals surface area contributed by atoms with Gasteiger partial charge < -0.3 is 9.47 Å². The SMILES string of the molecule is COC1CN(S(=O)(=O)C(C)C)CC1OC. The molecule has 0 saturated carbocycles. The highest BCUT2D eigenvalue weighted by atomic mass is 32.2. The van der Waals surface area contributed by atoms with Crippen molar-refractivity contribution in [2.75, 3.05) is 27.3 Å². The lowest BCUT2D eigenvalue weighted by Gasteiger charge is -2.18. The van der Waals surface area contributed by atoms with Gasteiger partial charge in [-0.25, -0.2) is 8.42 Å². The molecule has 1 aliphatic heterocycles. The van der Waals surface area contributed by atoms with E-state index in [0.717, 1.165) is 0 Å². The molecule has 0 bridgehead atoms. The van der Waals surface area contributed by atoms with Crippen LogP contribution in [0, 0.1) is 0 Å². The normalized spacial score (nSPS) is 28.9. The van der Waals surface area contributed by atoms with Gasteiger partial charge in [-0.3, -0.25) is 0 Å². The number of methoxy groups -OCH3 is 2.